The number of amides is 2. The van der Waals surface area contributed by atoms with Crippen LogP contribution in [0.4, 0.5) is 0 Å². The summed E-state index contributed by atoms with van der Waals surface area (Å²) < 4.78 is 1.78. The zero-order valence-electron chi connectivity index (χ0n) is 14.4. The van der Waals surface area contributed by atoms with Gasteiger partial charge < -0.3 is 15.3 Å². The number of aryl methyl sites for hydroxylation is 1. The first-order valence-electron chi connectivity index (χ1n) is 7.95. The van der Waals surface area contributed by atoms with Gasteiger partial charge in [-0.1, -0.05) is 18.2 Å². The molecule has 7 nitrogen and oxygen atoms in total. The lowest BCUT2D eigenvalue weighted by molar-refractivity contribution is -0.126. The van der Waals surface area contributed by atoms with Gasteiger partial charge in [-0.15, -0.1) is 0 Å². The highest BCUT2D eigenvalue weighted by molar-refractivity contribution is 6.06. The third-order valence-electron chi connectivity index (χ3n) is 4.36. The van der Waals surface area contributed by atoms with Crippen LogP contribution in [0.1, 0.15) is 18.5 Å². The summed E-state index contributed by atoms with van der Waals surface area (Å²) >= 11 is 0. The molecule has 130 valence electrons. The second kappa shape index (κ2) is 6.43. The highest BCUT2D eigenvalue weighted by Gasteiger charge is 2.32. The minimum Gasteiger partial charge on any atom is -0.503 e. The molecule has 1 aromatic carbocycles. The van der Waals surface area contributed by atoms with Gasteiger partial charge in [0.15, 0.2) is 5.76 Å². The van der Waals surface area contributed by atoms with Crippen molar-refractivity contribution in [2.75, 3.05) is 13.6 Å². The van der Waals surface area contributed by atoms with E-state index in [0.29, 0.717) is 0 Å². The van der Waals surface area contributed by atoms with Gasteiger partial charge in [-0.25, -0.2) is 0 Å². The molecule has 2 amide bonds. The number of aliphatic hydroxyl groups is 1. The molecule has 0 saturated carbocycles. The van der Waals surface area contributed by atoms with Gasteiger partial charge in [-0.05, 0) is 24.6 Å². The van der Waals surface area contributed by atoms with Gasteiger partial charge in [0.05, 0.1) is 23.9 Å². The molecule has 0 radical (unpaired) electrons. The summed E-state index contributed by atoms with van der Waals surface area (Å²) in [4.78, 5) is 25.3. The molecule has 0 aliphatic carbocycles. The summed E-state index contributed by atoms with van der Waals surface area (Å²) in [5, 5.41) is 16.8. The molecule has 1 aromatic heterocycles. The predicted molar refractivity (Wildman–Crippen MR) is 92.5 cm³/mol. The van der Waals surface area contributed by atoms with Crippen molar-refractivity contribution in [3.63, 3.8) is 0 Å². The van der Waals surface area contributed by atoms with E-state index in [0.717, 1.165) is 16.8 Å². The van der Waals surface area contributed by atoms with Crippen molar-refractivity contribution >= 4 is 11.8 Å². The maximum Gasteiger partial charge on any atom is 0.289 e. The molecule has 1 atom stereocenters. The van der Waals surface area contributed by atoms with Crippen molar-refractivity contribution in [2.24, 2.45) is 7.05 Å². The first-order chi connectivity index (χ1) is 11.9. The van der Waals surface area contributed by atoms with Gasteiger partial charge >= 0.3 is 0 Å². The summed E-state index contributed by atoms with van der Waals surface area (Å²) in [6, 6.07) is 9.46. The largest absolute Gasteiger partial charge is 0.503 e. The number of likely N-dealkylation sites (N-methyl/N-ethyl adjacent to an activating group) is 1. The van der Waals surface area contributed by atoms with Crippen LogP contribution in [0.15, 0.2) is 47.9 Å². The third kappa shape index (κ3) is 3.13. The van der Waals surface area contributed by atoms with E-state index in [1.807, 2.05) is 44.3 Å². The Kier molecular flexibility index (Phi) is 4.31. The van der Waals surface area contributed by atoms with Crippen molar-refractivity contribution in [3.8, 4) is 11.3 Å². The van der Waals surface area contributed by atoms with Crippen LogP contribution < -0.4 is 5.32 Å². The second-order valence-corrected chi connectivity index (χ2v) is 6.15. The van der Waals surface area contributed by atoms with Gasteiger partial charge in [0, 0.05) is 25.9 Å². The van der Waals surface area contributed by atoms with Crippen molar-refractivity contribution in [1.82, 2.24) is 20.0 Å². The number of carbonyl (C=O) groups is 2. The minimum atomic E-state index is -0.531. The standard InChI is InChI=1S/C18H20N4O3/c1-11(20-17(24)14-10-21(2)18(25)16(14)23)12-5-4-6-13(9-12)15-7-8-19-22(15)3/h4-9,11,23H,10H2,1-3H3,(H,20,24). The highest BCUT2D eigenvalue weighted by atomic mass is 16.3. The second-order valence-electron chi connectivity index (χ2n) is 6.15. The number of hydrogen-bond acceptors (Lipinski definition) is 4. The molecule has 1 unspecified atom stereocenters. The summed E-state index contributed by atoms with van der Waals surface area (Å²) in [5.74, 6) is -1.44. The Morgan fingerprint density at radius 3 is 2.68 bits per heavy atom. The lowest BCUT2D eigenvalue weighted by Gasteiger charge is -2.16. The average molecular weight is 340 g/mol. The molecule has 0 spiro atoms. The van der Waals surface area contributed by atoms with E-state index in [-0.39, 0.29) is 18.2 Å². The SMILES string of the molecule is CC(NC(=O)C1=C(O)C(=O)N(C)C1)c1cccc(-c2ccnn2C)c1. The predicted octanol–water partition coefficient (Wildman–Crippen LogP) is 1.55. The van der Waals surface area contributed by atoms with Gasteiger partial charge in [0.2, 0.25) is 0 Å². The summed E-state index contributed by atoms with van der Waals surface area (Å²) in [5.41, 5.74) is 2.99. The fourth-order valence-electron chi connectivity index (χ4n) is 2.86. The van der Waals surface area contributed by atoms with Crippen molar-refractivity contribution in [3.05, 3.63) is 53.4 Å². The van der Waals surface area contributed by atoms with Crippen LogP contribution in [0.3, 0.4) is 0 Å². The van der Waals surface area contributed by atoms with Gasteiger partial charge in [0.25, 0.3) is 11.8 Å². The number of rotatable bonds is 4. The molecule has 0 bridgehead atoms. The molecule has 3 rings (SSSR count). The van der Waals surface area contributed by atoms with Crippen LogP contribution in [0.2, 0.25) is 0 Å². The number of benzene rings is 1. The van der Waals surface area contributed by atoms with Crippen molar-refractivity contribution in [1.29, 1.82) is 0 Å². The third-order valence-corrected chi connectivity index (χ3v) is 4.36. The molecular formula is C18H20N4O3. The van der Waals surface area contributed by atoms with E-state index in [9.17, 15) is 14.7 Å². The number of nitrogens with zero attached hydrogens (tertiary/aromatic N) is 3. The Balaban J connectivity index is 1.78. The maximum atomic E-state index is 12.4. The quantitative estimate of drug-likeness (QED) is 0.884. The van der Waals surface area contributed by atoms with Crippen molar-refractivity contribution < 1.29 is 14.7 Å². The molecule has 0 fully saturated rings. The van der Waals surface area contributed by atoms with Crippen LogP contribution in [0, 0.1) is 0 Å². The van der Waals surface area contributed by atoms with E-state index in [1.54, 1.807) is 17.9 Å². The summed E-state index contributed by atoms with van der Waals surface area (Å²) in [6.07, 6.45) is 1.73. The van der Waals surface area contributed by atoms with E-state index in [4.69, 9.17) is 0 Å². The van der Waals surface area contributed by atoms with E-state index in [1.165, 1.54) is 4.90 Å². The fourth-order valence-corrected chi connectivity index (χ4v) is 2.86. The smallest absolute Gasteiger partial charge is 0.289 e. The first-order valence-corrected chi connectivity index (χ1v) is 7.95. The normalized spacial score (nSPS) is 15.6. The molecule has 1 aliphatic heterocycles. The summed E-state index contributed by atoms with van der Waals surface area (Å²) in [6.45, 7) is 1.97. The minimum absolute atomic E-state index is 0.0992. The number of nitrogens with one attached hydrogen (secondary N) is 1. The average Bonchev–Trinajstić information content (AvgIpc) is 3.13. The lowest BCUT2D eigenvalue weighted by atomic mass is 10.0. The fraction of sp³-hybridized carbons (Fsp3) is 0.278. The zero-order valence-corrected chi connectivity index (χ0v) is 14.4. The molecule has 2 N–H and O–H groups in total. The van der Waals surface area contributed by atoms with E-state index < -0.39 is 17.6 Å². The maximum absolute atomic E-state index is 12.4. The summed E-state index contributed by atoms with van der Waals surface area (Å²) in [7, 11) is 3.41. The lowest BCUT2D eigenvalue weighted by Crippen LogP contribution is -2.30. The van der Waals surface area contributed by atoms with Crippen LogP contribution >= 0.6 is 0 Å². The number of hydrogen-bond donors (Lipinski definition) is 2. The van der Waals surface area contributed by atoms with Crippen LogP contribution in [0.5, 0.6) is 0 Å². The Morgan fingerprint density at radius 1 is 1.32 bits per heavy atom. The Labute approximate surface area is 145 Å². The Bertz CT molecular complexity index is 869. The van der Waals surface area contributed by atoms with Crippen LogP contribution in [0.25, 0.3) is 11.3 Å². The molecule has 7 heteroatoms. The number of carbonyl (C=O) groups excluding carboxylic acids is 2. The zero-order chi connectivity index (χ0) is 18.1. The first kappa shape index (κ1) is 16.8. The molecular weight excluding hydrogens is 320 g/mol. The Hall–Kier alpha value is -3.09. The van der Waals surface area contributed by atoms with Gasteiger partial charge in [-0.2, -0.15) is 5.10 Å². The number of aliphatic hydroxyl groups excluding tert-OH is 1. The molecule has 2 heterocycles. The van der Waals surface area contributed by atoms with Gasteiger partial charge in [0.1, 0.15) is 0 Å². The Morgan fingerprint density at radius 2 is 2.08 bits per heavy atom. The molecule has 2 aromatic rings. The molecule has 1 aliphatic rings. The monoisotopic (exact) mass is 340 g/mol. The van der Waals surface area contributed by atoms with Crippen LogP contribution in [-0.2, 0) is 16.6 Å². The van der Waals surface area contributed by atoms with Crippen molar-refractivity contribution in [2.45, 2.75) is 13.0 Å². The topological polar surface area (TPSA) is 87.5 Å². The van der Waals surface area contributed by atoms with Crippen LogP contribution in [-0.4, -0.2) is 45.2 Å². The van der Waals surface area contributed by atoms with E-state index in [2.05, 4.69) is 10.4 Å². The number of aromatic nitrogens is 2. The van der Waals surface area contributed by atoms with Gasteiger partial charge in [-0.3, -0.25) is 14.3 Å². The van der Waals surface area contributed by atoms with E-state index >= 15 is 0 Å². The molecule has 0 saturated heterocycles. The highest BCUT2D eigenvalue weighted by Crippen LogP contribution is 2.23. The molecule has 25 heavy (non-hydrogen) atoms.